The highest BCUT2D eigenvalue weighted by Crippen LogP contribution is 2.44. The molecule has 1 aromatic heterocycles. The van der Waals surface area contributed by atoms with Crippen molar-refractivity contribution in [2.75, 3.05) is 0 Å². The van der Waals surface area contributed by atoms with Crippen LogP contribution in [0.1, 0.15) is 0 Å². The molecule has 0 N–H and O–H groups in total. The van der Waals surface area contributed by atoms with Crippen LogP contribution in [0.2, 0.25) is 13.1 Å². The van der Waals surface area contributed by atoms with Crippen LogP contribution in [0.15, 0.2) is 194 Å². The lowest BCUT2D eigenvalue weighted by molar-refractivity contribution is 1.21. The third-order valence-electron chi connectivity index (χ3n) is 12.0. The molecular weight excluding hydrogens is 705 g/mol. The molecule has 0 saturated heterocycles. The summed E-state index contributed by atoms with van der Waals surface area (Å²) in [6, 6.07) is 70.3. The van der Waals surface area contributed by atoms with Gasteiger partial charge in [-0.1, -0.05) is 195 Å². The fourth-order valence-electron chi connectivity index (χ4n) is 9.28. The molecular formula is C54H38N2Si. The van der Waals surface area contributed by atoms with Crippen LogP contribution in [0, 0.1) is 0 Å². The Bertz CT molecular complexity index is 3200. The van der Waals surface area contributed by atoms with Gasteiger partial charge in [0.2, 0.25) is 0 Å². The van der Waals surface area contributed by atoms with Gasteiger partial charge in [-0.2, -0.15) is 0 Å². The average Bonchev–Trinajstić information content (AvgIpc) is 3.53. The molecule has 1 aliphatic heterocycles. The minimum Gasteiger partial charge on any atom is -0.237 e. The molecule has 1 aliphatic rings. The molecule has 0 atom stereocenters. The zero-order valence-corrected chi connectivity index (χ0v) is 32.9. The summed E-state index contributed by atoms with van der Waals surface area (Å²) in [5.74, 6) is 0.786. The zero-order valence-electron chi connectivity index (χ0n) is 31.9. The molecule has 0 saturated carbocycles. The van der Waals surface area contributed by atoms with E-state index < -0.39 is 8.07 Å². The maximum atomic E-state index is 5.64. The second-order valence-electron chi connectivity index (χ2n) is 15.7. The molecule has 2 nitrogen and oxygen atoms in total. The summed E-state index contributed by atoms with van der Waals surface area (Å²) >= 11 is 0. The number of hydrogen-bond donors (Lipinski definition) is 0. The van der Waals surface area contributed by atoms with E-state index in [0.29, 0.717) is 0 Å². The summed E-state index contributed by atoms with van der Waals surface area (Å²) in [5.41, 5.74) is 12.8. The van der Waals surface area contributed by atoms with Crippen LogP contribution in [-0.2, 0) is 0 Å². The molecule has 10 aromatic rings. The molecule has 0 fully saturated rings. The fraction of sp³-hybridized carbons (Fsp3) is 0.0370. The van der Waals surface area contributed by atoms with Gasteiger partial charge in [0.05, 0.1) is 5.69 Å². The van der Waals surface area contributed by atoms with Crippen molar-refractivity contribution >= 4 is 50.9 Å². The van der Waals surface area contributed by atoms with Crippen molar-refractivity contribution in [2.45, 2.75) is 13.1 Å². The molecule has 11 rings (SSSR count). The van der Waals surface area contributed by atoms with Crippen molar-refractivity contribution in [3.05, 3.63) is 194 Å². The first kappa shape index (κ1) is 33.4. The maximum Gasteiger partial charge on any atom is 0.160 e. The number of benzene rings is 9. The molecule has 0 amide bonds. The normalized spacial score (nSPS) is 12.9. The van der Waals surface area contributed by atoms with E-state index in [0.717, 1.165) is 28.2 Å². The molecule has 0 radical (unpaired) electrons. The van der Waals surface area contributed by atoms with Gasteiger partial charge in [-0.25, -0.2) is 9.97 Å². The van der Waals surface area contributed by atoms with Crippen molar-refractivity contribution in [3.63, 3.8) is 0 Å². The Hall–Kier alpha value is -6.94. The Morgan fingerprint density at radius 1 is 0.351 bits per heavy atom. The maximum absolute atomic E-state index is 5.64. The second-order valence-corrected chi connectivity index (χ2v) is 19.9. The van der Waals surface area contributed by atoms with Crippen LogP contribution in [0.4, 0.5) is 0 Å². The van der Waals surface area contributed by atoms with Gasteiger partial charge in [-0.3, -0.25) is 0 Å². The van der Waals surface area contributed by atoms with E-state index in [9.17, 15) is 0 Å². The Kier molecular flexibility index (Phi) is 7.67. The predicted octanol–water partition coefficient (Wildman–Crippen LogP) is 13.1. The van der Waals surface area contributed by atoms with Crippen molar-refractivity contribution in [1.29, 1.82) is 0 Å². The predicted molar refractivity (Wildman–Crippen MR) is 244 cm³/mol. The summed E-state index contributed by atoms with van der Waals surface area (Å²) < 4.78 is 0. The number of hydrogen-bond acceptors (Lipinski definition) is 2. The minimum atomic E-state index is -2.36. The molecule has 2 heterocycles. The number of nitrogens with zero attached hydrogens (tertiary/aromatic N) is 2. The smallest absolute Gasteiger partial charge is 0.160 e. The van der Waals surface area contributed by atoms with Gasteiger partial charge in [0.1, 0.15) is 8.07 Å². The first-order valence-electron chi connectivity index (χ1n) is 19.7. The Balaban J connectivity index is 1.12. The molecule has 0 spiro atoms. The average molecular weight is 743 g/mol. The monoisotopic (exact) mass is 742 g/mol. The third-order valence-corrected chi connectivity index (χ3v) is 15.3. The number of fused-ring (bicyclic) bond motifs is 9. The van der Waals surface area contributed by atoms with Crippen molar-refractivity contribution in [1.82, 2.24) is 9.97 Å². The lowest BCUT2D eigenvalue weighted by atomic mass is 9.91. The SMILES string of the molecule is C[Si]1(C)c2nc(-c3cccc4ccccc34)nc(-c3cccc(-c4cccc(-c5ccc(-c6ccccc6)cc5)c4)c3)c2-c2c1c1ccccc1c1ccccc21. The third kappa shape index (κ3) is 5.38. The second kappa shape index (κ2) is 13.1. The highest BCUT2D eigenvalue weighted by molar-refractivity contribution is 7.05. The Morgan fingerprint density at radius 2 is 0.825 bits per heavy atom. The molecule has 3 heteroatoms. The van der Waals surface area contributed by atoms with E-state index in [1.807, 2.05) is 0 Å². The zero-order chi connectivity index (χ0) is 38.1. The first-order valence-corrected chi connectivity index (χ1v) is 22.7. The lowest BCUT2D eigenvalue weighted by Gasteiger charge is -2.21. The highest BCUT2D eigenvalue weighted by Gasteiger charge is 2.44. The van der Waals surface area contributed by atoms with Gasteiger partial charge in [0.25, 0.3) is 0 Å². The van der Waals surface area contributed by atoms with Gasteiger partial charge in [-0.15, -0.1) is 0 Å². The van der Waals surface area contributed by atoms with Crippen LogP contribution >= 0.6 is 0 Å². The summed E-state index contributed by atoms with van der Waals surface area (Å²) in [4.78, 5) is 11.3. The van der Waals surface area contributed by atoms with Gasteiger partial charge in [-0.05, 0) is 88.6 Å². The summed E-state index contributed by atoms with van der Waals surface area (Å²) in [6.07, 6.45) is 0. The van der Waals surface area contributed by atoms with E-state index in [1.54, 1.807) is 0 Å². The van der Waals surface area contributed by atoms with E-state index in [-0.39, 0.29) is 0 Å². The molecule has 57 heavy (non-hydrogen) atoms. The largest absolute Gasteiger partial charge is 0.237 e. The van der Waals surface area contributed by atoms with Crippen molar-refractivity contribution < 1.29 is 0 Å². The Morgan fingerprint density at radius 3 is 1.54 bits per heavy atom. The van der Waals surface area contributed by atoms with Crippen LogP contribution in [-0.4, -0.2) is 18.0 Å². The molecule has 9 aromatic carbocycles. The molecule has 268 valence electrons. The van der Waals surface area contributed by atoms with Crippen molar-refractivity contribution in [2.24, 2.45) is 0 Å². The van der Waals surface area contributed by atoms with Crippen LogP contribution in [0.3, 0.4) is 0 Å². The van der Waals surface area contributed by atoms with Crippen molar-refractivity contribution in [3.8, 4) is 67.2 Å². The van der Waals surface area contributed by atoms with E-state index in [1.165, 1.54) is 81.8 Å². The summed E-state index contributed by atoms with van der Waals surface area (Å²) in [5, 5.41) is 10.2. The number of aromatic nitrogens is 2. The lowest BCUT2D eigenvalue weighted by Crippen LogP contribution is -2.51. The molecule has 0 aliphatic carbocycles. The quantitative estimate of drug-likeness (QED) is 0.130. The summed E-state index contributed by atoms with van der Waals surface area (Å²) in [6.45, 7) is 4.97. The van der Waals surface area contributed by atoms with E-state index >= 15 is 0 Å². The van der Waals surface area contributed by atoms with Gasteiger partial charge >= 0.3 is 0 Å². The molecule has 0 bridgehead atoms. The Labute approximate surface area is 333 Å². The number of rotatable bonds is 5. The summed E-state index contributed by atoms with van der Waals surface area (Å²) in [7, 11) is -2.36. The highest BCUT2D eigenvalue weighted by atomic mass is 28.3. The van der Waals surface area contributed by atoms with E-state index in [2.05, 4.69) is 207 Å². The van der Waals surface area contributed by atoms with Crippen LogP contribution in [0.5, 0.6) is 0 Å². The van der Waals surface area contributed by atoms with Crippen LogP contribution in [0.25, 0.3) is 99.5 Å². The molecule has 0 unspecified atom stereocenters. The van der Waals surface area contributed by atoms with Crippen LogP contribution < -0.4 is 10.5 Å². The standard InChI is InChI=1S/C54H38N2Si/c1-57(2)52-47-27-11-9-25-45(47)44-24-8-10-26-46(44)49(52)50-51(55-53(56-54(50)57)48-28-14-18-38-17-6-7-23-43(38)48)42-22-13-21-41(34-42)40-20-12-19-39(33-40)37-31-29-36(30-32-37)35-15-4-3-5-16-35/h3-34H,1-2H3. The van der Waals surface area contributed by atoms with Gasteiger partial charge in [0.15, 0.2) is 5.82 Å². The van der Waals surface area contributed by atoms with E-state index in [4.69, 9.17) is 9.97 Å². The fourth-order valence-corrected chi connectivity index (χ4v) is 12.5. The minimum absolute atomic E-state index is 0.786. The van der Waals surface area contributed by atoms with Gasteiger partial charge < -0.3 is 0 Å². The topological polar surface area (TPSA) is 25.8 Å². The van der Waals surface area contributed by atoms with Gasteiger partial charge in [0, 0.05) is 22.0 Å². The first-order chi connectivity index (χ1) is 28.0.